The molecule has 0 bridgehead atoms. The lowest BCUT2D eigenvalue weighted by Crippen LogP contribution is -2.02. The third-order valence-electron chi connectivity index (χ3n) is 2.90. The van der Waals surface area contributed by atoms with Gasteiger partial charge in [-0.05, 0) is 31.7 Å². The van der Waals surface area contributed by atoms with Gasteiger partial charge in [0, 0.05) is 10.4 Å². The number of benzene rings is 1. The Kier molecular flexibility index (Phi) is 8.10. The third-order valence-corrected chi connectivity index (χ3v) is 3.81. The lowest BCUT2D eigenvalue weighted by Gasteiger charge is -2.10. The minimum absolute atomic E-state index is 0.212. The predicted octanol–water partition coefficient (Wildman–Crippen LogP) is 4.73. The summed E-state index contributed by atoms with van der Waals surface area (Å²) >= 11 is 3.68. The molecule has 18 heavy (non-hydrogen) atoms. The minimum atomic E-state index is -0.212. The van der Waals surface area contributed by atoms with Gasteiger partial charge in [-0.3, -0.25) is 0 Å². The first-order valence-electron chi connectivity index (χ1n) is 6.70. The van der Waals surface area contributed by atoms with Crippen molar-refractivity contribution < 1.29 is 9.84 Å². The normalized spacial score (nSPS) is 12.4. The van der Waals surface area contributed by atoms with Crippen molar-refractivity contribution in [3.05, 3.63) is 29.8 Å². The zero-order valence-corrected chi connectivity index (χ0v) is 12.6. The molecule has 0 saturated heterocycles. The monoisotopic (exact) mass is 313 g/mol. The van der Waals surface area contributed by atoms with Gasteiger partial charge in [-0.15, -0.1) is 0 Å². The molecule has 0 N–H and O–H groups in total. The van der Waals surface area contributed by atoms with Crippen LogP contribution in [0.5, 0.6) is 5.75 Å². The van der Waals surface area contributed by atoms with Crippen molar-refractivity contribution in [1.82, 2.24) is 0 Å². The Bertz CT molecular complexity index is 328. The molecule has 101 valence electrons. The van der Waals surface area contributed by atoms with E-state index in [4.69, 9.17) is 4.74 Å². The fourth-order valence-electron chi connectivity index (χ4n) is 1.87. The van der Waals surface area contributed by atoms with Gasteiger partial charge < -0.3 is 4.74 Å². The van der Waals surface area contributed by atoms with Crippen LogP contribution in [0.25, 0.3) is 0 Å². The Labute approximate surface area is 118 Å². The summed E-state index contributed by atoms with van der Waals surface area (Å²) in [4.78, 5) is 0.636. The fraction of sp³-hybridized carbons (Fsp3) is 0.600. The second kappa shape index (κ2) is 9.40. The van der Waals surface area contributed by atoms with E-state index in [9.17, 15) is 5.11 Å². The van der Waals surface area contributed by atoms with Crippen LogP contribution in [-0.2, 0) is 11.7 Å². The van der Waals surface area contributed by atoms with Crippen molar-refractivity contribution in [3.63, 3.8) is 0 Å². The van der Waals surface area contributed by atoms with Crippen molar-refractivity contribution in [1.29, 1.82) is 0 Å². The molecular weight excluding hydrogens is 292 g/mol. The Morgan fingerprint density at radius 3 is 2.72 bits per heavy atom. The van der Waals surface area contributed by atoms with Crippen LogP contribution in [0.2, 0.25) is 0 Å². The molecule has 1 atom stereocenters. The maximum Gasteiger partial charge on any atom is 0.124 e. The molecular formula is C15H22BrO2. The summed E-state index contributed by atoms with van der Waals surface area (Å²) in [6.07, 6.45) is 5.86. The second-order valence-corrected chi connectivity index (χ2v) is 5.78. The van der Waals surface area contributed by atoms with Gasteiger partial charge in [0.15, 0.2) is 0 Å². The van der Waals surface area contributed by atoms with E-state index >= 15 is 0 Å². The molecule has 0 aliphatic heterocycles. The Morgan fingerprint density at radius 2 is 2.00 bits per heavy atom. The third kappa shape index (κ3) is 5.87. The lowest BCUT2D eigenvalue weighted by atomic mass is 10.1. The molecule has 0 aliphatic rings. The van der Waals surface area contributed by atoms with Crippen molar-refractivity contribution >= 4 is 15.9 Å². The molecule has 0 aromatic heterocycles. The first-order valence-corrected chi connectivity index (χ1v) is 7.62. The number of ether oxygens (including phenoxy) is 1. The topological polar surface area (TPSA) is 29.1 Å². The maximum atomic E-state index is 10.9. The molecule has 1 aromatic carbocycles. The van der Waals surface area contributed by atoms with Crippen molar-refractivity contribution in [2.75, 3.05) is 6.61 Å². The number of hydrogen-bond acceptors (Lipinski definition) is 1. The number of para-hydroxylation sites is 1. The summed E-state index contributed by atoms with van der Waals surface area (Å²) in [6, 6.07) is 7.49. The summed E-state index contributed by atoms with van der Waals surface area (Å²) < 4.78 is 5.65. The van der Waals surface area contributed by atoms with Gasteiger partial charge in [-0.2, -0.15) is 0 Å². The minimum Gasteiger partial charge on any atom is -0.493 e. The van der Waals surface area contributed by atoms with Crippen molar-refractivity contribution in [3.8, 4) is 5.75 Å². The van der Waals surface area contributed by atoms with Crippen molar-refractivity contribution in [2.45, 2.75) is 50.5 Å². The summed E-state index contributed by atoms with van der Waals surface area (Å²) in [5.41, 5.74) is 0.752. The maximum absolute atomic E-state index is 10.9. The molecule has 0 aliphatic carbocycles. The molecule has 1 radical (unpaired) electrons. The average molecular weight is 314 g/mol. The summed E-state index contributed by atoms with van der Waals surface area (Å²) in [5.74, 6) is 0.747. The summed E-state index contributed by atoms with van der Waals surface area (Å²) in [5, 5.41) is 10.9. The second-order valence-electron chi connectivity index (χ2n) is 4.48. The van der Waals surface area contributed by atoms with Crippen LogP contribution < -0.4 is 4.74 Å². The molecule has 1 unspecified atom stereocenters. The van der Waals surface area contributed by atoms with Gasteiger partial charge in [-0.25, -0.2) is 5.11 Å². The molecule has 3 heteroatoms. The molecule has 0 amide bonds. The van der Waals surface area contributed by atoms with Gasteiger partial charge in [-0.1, -0.05) is 47.5 Å². The first-order chi connectivity index (χ1) is 8.77. The predicted molar refractivity (Wildman–Crippen MR) is 77.8 cm³/mol. The highest BCUT2D eigenvalue weighted by molar-refractivity contribution is 9.09. The molecule has 0 heterocycles. The van der Waals surface area contributed by atoms with Gasteiger partial charge in [0.1, 0.15) is 12.4 Å². The highest BCUT2D eigenvalue weighted by atomic mass is 79.9. The average Bonchev–Trinajstić information content (AvgIpc) is 2.39. The van der Waals surface area contributed by atoms with Gasteiger partial charge in [0.2, 0.25) is 0 Å². The van der Waals surface area contributed by atoms with Crippen molar-refractivity contribution in [2.24, 2.45) is 0 Å². The number of alkyl halides is 1. The molecule has 2 nitrogen and oxygen atoms in total. The molecule has 1 aromatic rings. The molecule has 1 rings (SSSR count). The van der Waals surface area contributed by atoms with E-state index in [1.807, 2.05) is 24.3 Å². The van der Waals surface area contributed by atoms with Crippen LogP contribution in [0.3, 0.4) is 0 Å². The van der Waals surface area contributed by atoms with Crippen LogP contribution in [0.1, 0.15) is 44.6 Å². The standard InChI is InChI=1S/C15H22BrO2/c1-2-7-14(16)9-5-6-11-18-15-10-4-3-8-13(15)12-17/h3-4,8,10,14H,2,5-7,9,11-12H2,1H3. The SMILES string of the molecule is CCCC(Br)CCCCOc1ccccc1C[O]. The highest BCUT2D eigenvalue weighted by Gasteiger charge is 2.04. The van der Waals surface area contributed by atoms with E-state index in [1.54, 1.807) is 0 Å². The van der Waals surface area contributed by atoms with Gasteiger partial charge >= 0.3 is 0 Å². The van der Waals surface area contributed by atoms with Crippen LogP contribution in [0.4, 0.5) is 0 Å². The number of unbranched alkanes of at least 4 members (excludes halogenated alkanes) is 1. The highest BCUT2D eigenvalue weighted by Crippen LogP contribution is 2.19. The Balaban J connectivity index is 2.17. The zero-order valence-electron chi connectivity index (χ0n) is 11.0. The number of rotatable bonds is 9. The zero-order chi connectivity index (χ0) is 13.2. The Morgan fingerprint density at radius 1 is 1.22 bits per heavy atom. The van der Waals surface area contributed by atoms with Crippen LogP contribution in [0.15, 0.2) is 24.3 Å². The van der Waals surface area contributed by atoms with E-state index < -0.39 is 0 Å². The van der Waals surface area contributed by atoms with Gasteiger partial charge in [0.25, 0.3) is 0 Å². The van der Waals surface area contributed by atoms with E-state index in [0.717, 1.165) is 24.2 Å². The van der Waals surface area contributed by atoms with E-state index in [-0.39, 0.29) is 6.61 Å². The smallest absolute Gasteiger partial charge is 0.124 e. The molecule has 0 fully saturated rings. The molecule has 0 saturated carbocycles. The fourth-order valence-corrected chi connectivity index (χ4v) is 2.65. The summed E-state index contributed by atoms with van der Waals surface area (Å²) in [7, 11) is 0. The van der Waals surface area contributed by atoms with E-state index in [2.05, 4.69) is 22.9 Å². The largest absolute Gasteiger partial charge is 0.493 e. The summed E-state index contributed by atoms with van der Waals surface area (Å²) in [6.45, 7) is 2.69. The van der Waals surface area contributed by atoms with Crippen LogP contribution in [-0.4, -0.2) is 11.4 Å². The Hall–Kier alpha value is -0.540. The van der Waals surface area contributed by atoms with Crippen LogP contribution in [0, 0.1) is 0 Å². The number of hydrogen-bond donors (Lipinski definition) is 0. The quantitative estimate of drug-likeness (QED) is 0.478. The lowest BCUT2D eigenvalue weighted by molar-refractivity contribution is 0.172. The first kappa shape index (κ1) is 15.5. The molecule has 0 spiro atoms. The van der Waals surface area contributed by atoms with E-state index in [1.165, 1.54) is 19.3 Å². The number of halogens is 1. The van der Waals surface area contributed by atoms with Crippen LogP contribution >= 0.6 is 15.9 Å². The van der Waals surface area contributed by atoms with Gasteiger partial charge in [0.05, 0.1) is 6.61 Å². The van der Waals surface area contributed by atoms with E-state index in [0.29, 0.717) is 11.4 Å².